The molecule has 0 aliphatic heterocycles. The summed E-state index contributed by atoms with van der Waals surface area (Å²) in [6.45, 7) is 4.30. The van der Waals surface area contributed by atoms with Crippen molar-refractivity contribution in [2.75, 3.05) is 0 Å². The summed E-state index contributed by atoms with van der Waals surface area (Å²) in [5.74, 6) is -3.01. The number of aromatic nitrogens is 2. The van der Waals surface area contributed by atoms with Gasteiger partial charge in [0.1, 0.15) is 5.82 Å². The van der Waals surface area contributed by atoms with E-state index in [1.165, 1.54) is 0 Å². The van der Waals surface area contributed by atoms with E-state index >= 15 is 0 Å². The van der Waals surface area contributed by atoms with E-state index < -0.39 is 11.8 Å². The van der Waals surface area contributed by atoms with Crippen molar-refractivity contribution in [2.24, 2.45) is 5.92 Å². The SMILES string of the molecule is CC(C)n1ccnc1CNC(=O)C[C@H]1CC1(F)F. The molecular formula is C12H17F2N3O. The molecule has 1 amide bonds. The third kappa shape index (κ3) is 2.86. The molecule has 1 saturated carbocycles. The number of halogens is 2. The molecule has 1 N–H and O–H groups in total. The lowest BCUT2D eigenvalue weighted by Crippen LogP contribution is -2.25. The molecule has 1 aliphatic carbocycles. The monoisotopic (exact) mass is 257 g/mol. The number of rotatable bonds is 5. The summed E-state index contributed by atoms with van der Waals surface area (Å²) in [6, 6.07) is 0.257. The normalized spacial score (nSPS) is 21.1. The fraction of sp³-hybridized carbons (Fsp3) is 0.667. The Morgan fingerprint density at radius 1 is 1.67 bits per heavy atom. The number of alkyl halides is 2. The number of carbonyl (C=O) groups is 1. The molecule has 1 aliphatic rings. The van der Waals surface area contributed by atoms with E-state index in [0.29, 0.717) is 0 Å². The van der Waals surface area contributed by atoms with Crippen LogP contribution in [-0.2, 0) is 11.3 Å². The first-order chi connectivity index (χ1) is 8.40. The Bertz CT molecular complexity index is 442. The molecule has 0 radical (unpaired) electrons. The topological polar surface area (TPSA) is 46.9 Å². The highest BCUT2D eigenvalue weighted by Gasteiger charge is 2.57. The van der Waals surface area contributed by atoms with Crippen LogP contribution in [0.4, 0.5) is 8.78 Å². The summed E-state index contributed by atoms with van der Waals surface area (Å²) >= 11 is 0. The summed E-state index contributed by atoms with van der Waals surface area (Å²) in [7, 11) is 0. The molecule has 0 unspecified atom stereocenters. The second-order valence-corrected chi connectivity index (χ2v) is 4.99. The van der Waals surface area contributed by atoms with Gasteiger partial charge in [0.25, 0.3) is 5.92 Å². The minimum absolute atomic E-state index is 0.102. The largest absolute Gasteiger partial charge is 0.349 e. The zero-order valence-electron chi connectivity index (χ0n) is 10.5. The Balaban J connectivity index is 1.81. The average molecular weight is 257 g/mol. The molecule has 1 heterocycles. The van der Waals surface area contributed by atoms with Crippen LogP contribution < -0.4 is 5.32 Å². The predicted octanol–water partition coefficient (Wildman–Crippen LogP) is 2.13. The minimum Gasteiger partial charge on any atom is -0.349 e. The van der Waals surface area contributed by atoms with E-state index in [-0.39, 0.29) is 31.3 Å². The van der Waals surface area contributed by atoms with Gasteiger partial charge in [-0.3, -0.25) is 4.79 Å². The predicted molar refractivity (Wildman–Crippen MR) is 62.1 cm³/mol. The van der Waals surface area contributed by atoms with E-state index in [2.05, 4.69) is 10.3 Å². The van der Waals surface area contributed by atoms with E-state index in [1.54, 1.807) is 6.20 Å². The second-order valence-electron chi connectivity index (χ2n) is 4.99. The van der Waals surface area contributed by atoms with Gasteiger partial charge in [-0.05, 0) is 13.8 Å². The van der Waals surface area contributed by atoms with Crippen LogP contribution in [0.2, 0.25) is 0 Å². The summed E-state index contributed by atoms with van der Waals surface area (Å²) in [5, 5.41) is 2.63. The highest BCUT2D eigenvalue weighted by Crippen LogP contribution is 2.50. The molecule has 18 heavy (non-hydrogen) atoms. The van der Waals surface area contributed by atoms with Gasteiger partial charge >= 0.3 is 0 Å². The fourth-order valence-corrected chi connectivity index (χ4v) is 1.92. The summed E-state index contributed by atoms with van der Waals surface area (Å²) < 4.78 is 27.2. The van der Waals surface area contributed by atoms with Crippen molar-refractivity contribution in [3.05, 3.63) is 18.2 Å². The first-order valence-corrected chi connectivity index (χ1v) is 6.06. The number of hydrogen-bond donors (Lipinski definition) is 1. The zero-order chi connectivity index (χ0) is 13.3. The van der Waals surface area contributed by atoms with Crippen LogP contribution in [0.25, 0.3) is 0 Å². The lowest BCUT2D eigenvalue weighted by Gasteiger charge is -2.11. The first kappa shape index (κ1) is 13.0. The lowest BCUT2D eigenvalue weighted by atomic mass is 10.2. The number of nitrogens with zero attached hydrogens (tertiary/aromatic N) is 2. The zero-order valence-corrected chi connectivity index (χ0v) is 10.5. The third-order valence-electron chi connectivity index (χ3n) is 3.14. The summed E-state index contributed by atoms with van der Waals surface area (Å²) in [6.07, 6.45) is 3.23. The van der Waals surface area contributed by atoms with Gasteiger partial charge in [-0.1, -0.05) is 0 Å². The maximum absolute atomic E-state index is 12.6. The lowest BCUT2D eigenvalue weighted by molar-refractivity contribution is -0.122. The van der Waals surface area contributed by atoms with Crippen molar-refractivity contribution >= 4 is 5.91 Å². The van der Waals surface area contributed by atoms with Crippen molar-refractivity contribution < 1.29 is 13.6 Å². The van der Waals surface area contributed by atoms with Gasteiger partial charge in [-0.2, -0.15) is 0 Å². The molecule has 0 saturated heterocycles. The van der Waals surface area contributed by atoms with Crippen LogP contribution in [0.5, 0.6) is 0 Å². The van der Waals surface area contributed by atoms with Crippen LogP contribution in [-0.4, -0.2) is 21.4 Å². The standard InChI is InChI=1S/C12H17F2N3O/c1-8(2)17-4-3-15-10(17)7-16-11(18)5-9-6-12(9,13)14/h3-4,8-9H,5-7H2,1-2H3,(H,16,18)/t9-/m0/s1. The molecule has 1 fully saturated rings. The van der Waals surface area contributed by atoms with Crippen LogP contribution >= 0.6 is 0 Å². The molecule has 0 bridgehead atoms. The first-order valence-electron chi connectivity index (χ1n) is 6.06. The van der Waals surface area contributed by atoms with Gasteiger partial charge in [-0.15, -0.1) is 0 Å². The van der Waals surface area contributed by atoms with Crippen LogP contribution in [0.15, 0.2) is 12.4 Å². The molecule has 0 spiro atoms. The Kier molecular flexibility index (Phi) is 3.36. The molecule has 0 aromatic carbocycles. The van der Waals surface area contributed by atoms with Crippen LogP contribution in [0.3, 0.4) is 0 Å². The van der Waals surface area contributed by atoms with Crippen LogP contribution in [0, 0.1) is 5.92 Å². The van der Waals surface area contributed by atoms with E-state index in [1.807, 2.05) is 24.6 Å². The second kappa shape index (κ2) is 4.66. The summed E-state index contributed by atoms with van der Waals surface area (Å²) in [4.78, 5) is 15.6. The Morgan fingerprint density at radius 2 is 2.33 bits per heavy atom. The highest BCUT2D eigenvalue weighted by atomic mass is 19.3. The Morgan fingerprint density at radius 3 is 2.89 bits per heavy atom. The van der Waals surface area contributed by atoms with Gasteiger partial charge in [0.15, 0.2) is 0 Å². The Hall–Kier alpha value is -1.46. The van der Waals surface area contributed by atoms with Gasteiger partial charge in [0, 0.05) is 37.2 Å². The van der Waals surface area contributed by atoms with Crippen molar-refractivity contribution in [1.82, 2.24) is 14.9 Å². The van der Waals surface area contributed by atoms with Gasteiger partial charge in [0.2, 0.25) is 5.91 Å². The van der Waals surface area contributed by atoms with Gasteiger partial charge in [0.05, 0.1) is 6.54 Å². The molecule has 4 nitrogen and oxygen atoms in total. The van der Waals surface area contributed by atoms with E-state index in [0.717, 1.165) is 5.82 Å². The molecule has 1 aromatic rings. The molecule has 1 aromatic heterocycles. The maximum atomic E-state index is 12.6. The third-order valence-corrected chi connectivity index (χ3v) is 3.14. The molecule has 100 valence electrons. The van der Waals surface area contributed by atoms with E-state index in [4.69, 9.17) is 0 Å². The quantitative estimate of drug-likeness (QED) is 0.878. The van der Waals surface area contributed by atoms with Crippen molar-refractivity contribution in [3.8, 4) is 0 Å². The molecule has 2 rings (SSSR count). The minimum atomic E-state index is -2.63. The number of nitrogens with one attached hydrogen (secondary N) is 1. The summed E-state index contributed by atoms with van der Waals surface area (Å²) in [5.41, 5.74) is 0. The van der Waals surface area contributed by atoms with Crippen LogP contribution in [0.1, 0.15) is 38.6 Å². The fourth-order valence-electron chi connectivity index (χ4n) is 1.92. The smallest absolute Gasteiger partial charge is 0.252 e. The molecule has 6 heteroatoms. The number of imidazole rings is 1. The van der Waals surface area contributed by atoms with Crippen molar-refractivity contribution in [2.45, 2.75) is 45.2 Å². The maximum Gasteiger partial charge on any atom is 0.252 e. The highest BCUT2D eigenvalue weighted by molar-refractivity contribution is 5.76. The van der Waals surface area contributed by atoms with Crippen molar-refractivity contribution in [3.63, 3.8) is 0 Å². The van der Waals surface area contributed by atoms with Gasteiger partial charge in [-0.25, -0.2) is 13.8 Å². The van der Waals surface area contributed by atoms with Gasteiger partial charge < -0.3 is 9.88 Å². The average Bonchev–Trinajstić information content (AvgIpc) is 2.73. The molecular weight excluding hydrogens is 240 g/mol. The number of hydrogen-bond acceptors (Lipinski definition) is 2. The number of carbonyl (C=O) groups excluding carboxylic acids is 1. The number of amides is 1. The molecule has 1 atom stereocenters. The van der Waals surface area contributed by atoms with Crippen molar-refractivity contribution in [1.29, 1.82) is 0 Å². The Labute approximate surface area is 104 Å². The van der Waals surface area contributed by atoms with E-state index in [9.17, 15) is 13.6 Å².